The molecule has 1 N–H and O–H groups in total. The summed E-state index contributed by atoms with van der Waals surface area (Å²) in [6, 6.07) is 8.67. The Kier molecular flexibility index (Phi) is 3.29. The molecule has 2 heteroatoms. The van der Waals surface area contributed by atoms with Gasteiger partial charge in [0.1, 0.15) is 0 Å². The van der Waals surface area contributed by atoms with E-state index >= 15 is 0 Å². The van der Waals surface area contributed by atoms with E-state index in [1.165, 1.54) is 28.2 Å². The van der Waals surface area contributed by atoms with Gasteiger partial charge in [0.15, 0.2) is 0 Å². The average molecular weight is 235 g/mol. The number of hydrogen-bond acceptors (Lipinski definition) is 0. The summed E-state index contributed by atoms with van der Waals surface area (Å²) in [6.07, 6.45) is 2.25. The maximum absolute atomic E-state index is 3.42. The number of benzene rings is 1. The summed E-state index contributed by atoms with van der Waals surface area (Å²) in [5.74, 6) is 3.88. The van der Waals surface area contributed by atoms with Crippen molar-refractivity contribution < 1.29 is 0 Å². The standard InChI is InChI=1S/C14H21NS/c1-4-16(5-2,6-3)14-11-15-13-10-8-7-9-12(13)14/h7-11,15H,4-6H2,1-3H3. The number of aromatic nitrogens is 1. The fourth-order valence-electron chi connectivity index (χ4n) is 2.48. The predicted octanol–water partition coefficient (Wildman–Crippen LogP) is 4.39. The van der Waals surface area contributed by atoms with Crippen LogP contribution in [0.5, 0.6) is 0 Å². The highest BCUT2D eigenvalue weighted by molar-refractivity contribution is 8.33. The maximum atomic E-state index is 3.42. The Morgan fingerprint density at radius 3 is 2.25 bits per heavy atom. The highest BCUT2D eigenvalue weighted by Gasteiger charge is 2.23. The molecule has 88 valence electrons. The first-order valence-corrected chi connectivity index (χ1v) is 8.24. The van der Waals surface area contributed by atoms with Crippen LogP contribution in [0.15, 0.2) is 35.4 Å². The van der Waals surface area contributed by atoms with Crippen LogP contribution in [-0.4, -0.2) is 22.2 Å². The molecule has 1 aromatic carbocycles. The summed E-state index contributed by atoms with van der Waals surface area (Å²) in [5.41, 5.74) is 1.28. The fourth-order valence-corrected chi connectivity index (χ4v) is 5.59. The van der Waals surface area contributed by atoms with Crippen molar-refractivity contribution in [2.24, 2.45) is 0 Å². The first-order chi connectivity index (χ1) is 7.77. The highest BCUT2D eigenvalue weighted by Crippen LogP contribution is 2.57. The van der Waals surface area contributed by atoms with E-state index in [-0.39, 0.29) is 0 Å². The van der Waals surface area contributed by atoms with Crippen molar-refractivity contribution in [3.63, 3.8) is 0 Å². The van der Waals surface area contributed by atoms with E-state index in [0.717, 1.165) is 0 Å². The van der Waals surface area contributed by atoms with Crippen LogP contribution in [-0.2, 0) is 0 Å². The monoisotopic (exact) mass is 235 g/mol. The van der Waals surface area contributed by atoms with Crippen molar-refractivity contribution in [1.82, 2.24) is 4.98 Å². The molecule has 0 saturated heterocycles. The molecule has 0 radical (unpaired) electrons. The summed E-state index contributed by atoms with van der Waals surface area (Å²) in [7, 11) is -0.603. The van der Waals surface area contributed by atoms with Crippen LogP contribution in [0.2, 0.25) is 0 Å². The molecule has 0 amide bonds. The van der Waals surface area contributed by atoms with Crippen LogP contribution in [0.3, 0.4) is 0 Å². The molecule has 0 spiro atoms. The summed E-state index contributed by atoms with van der Waals surface area (Å²) in [5, 5.41) is 1.43. The zero-order chi connectivity index (χ0) is 11.6. The molecule has 2 rings (SSSR count). The number of H-pyrrole nitrogens is 1. The number of hydrogen-bond donors (Lipinski definition) is 1. The number of aromatic amines is 1. The number of para-hydroxylation sites is 1. The Balaban J connectivity index is 2.61. The lowest BCUT2D eigenvalue weighted by atomic mass is 10.2. The number of nitrogens with one attached hydrogen (secondary N) is 1. The van der Waals surface area contributed by atoms with Crippen LogP contribution >= 0.6 is 10.0 Å². The second kappa shape index (κ2) is 4.54. The SMILES string of the molecule is CCS(CC)(CC)c1c[nH]c2ccccc12. The summed E-state index contributed by atoms with van der Waals surface area (Å²) >= 11 is 0. The van der Waals surface area contributed by atoms with Gasteiger partial charge in [0.05, 0.1) is 0 Å². The molecule has 0 atom stereocenters. The van der Waals surface area contributed by atoms with Crippen molar-refractivity contribution in [3.05, 3.63) is 30.5 Å². The fraction of sp³-hybridized carbons (Fsp3) is 0.429. The van der Waals surface area contributed by atoms with Gasteiger partial charge in [-0.2, -0.15) is 0 Å². The molecule has 0 aliphatic carbocycles. The second-order valence-electron chi connectivity index (χ2n) is 4.11. The molecular formula is C14H21NS. The third-order valence-electron chi connectivity index (χ3n) is 3.68. The van der Waals surface area contributed by atoms with E-state index in [9.17, 15) is 0 Å². The van der Waals surface area contributed by atoms with Crippen LogP contribution in [0, 0.1) is 0 Å². The average Bonchev–Trinajstić information content (AvgIpc) is 2.77. The molecule has 0 aliphatic heterocycles. The molecule has 0 saturated carbocycles. The first kappa shape index (κ1) is 11.6. The van der Waals surface area contributed by atoms with Crippen LogP contribution < -0.4 is 0 Å². The largest absolute Gasteiger partial charge is 0.360 e. The molecule has 1 heterocycles. The summed E-state index contributed by atoms with van der Waals surface area (Å²) in [6.45, 7) is 7.01. The van der Waals surface area contributed by atoms with Crippen LogP contribution in [0.1, 0.15) is 20.8 Å². The second-order valence-corrected chi connectivity index (χ2v) is 8.37. The van der Waals surface area contributed by atoms with Crippen LogP contribution in [0.25, 0.3) is 10.9 Å². The van der Waals surface area contributed by atoms with E-state index in [4.69, 9.17) is 0 Å². The molecule has 2 aromatic rings. The smallest absolute Gasteiger partial charge is 0.0465 e. The minimum absolute atomic E-state index is 0.603. The zero-order valence-electron chi connectivity index (χ0n) is 10.4. The van der Waals surface area contributed by atoms with Gasteiger partial charge in [0, 0.05) is 22.0 Å². The van der Waals surface area contributed by atoms with E-state index in [1.54, 1.807) is 4.90 Å². The van der Waals surface area contributed by atoms with E-state index in [2.05, 4.69) is 56.2 Å². The highest BCUT2D eigenvalue weighted by atomic mass is 32.3. The molecule has 0 aliphatic rings. The van der Waals surface area contributed by atoms with Gasteiger partial charge in [-0.15, -0.1) is 0 Å². The van der Waals surface area contributed by atoms with Gasteiger partial charge < -0.3 is 4.98 Å². The molecule has 16 heavy (non-hydrogen) atoms. The Hall–Kier alpha value is -0.890. The van der Waals surface area contributed by atoms with Crippen molar-refractivity contribution in [2.45, 2.75) is 25.7 Å². The normalized spacial score (nSPS) is 13.2. The molecule has 0 unspecified atom stereocenters. The number of fused-ring (bicyclic) bond motifs is 1. The quantitative estimate of drug-likeness (QED) is 0.809. The first-order valence-electron chi connectivity index (χ1n) is 6.10. The van der Waals surface area contributed by atoms with Crippen molar-refractivity contribution >= 4 is 20.9 Å². The Morgan fingerprint density at radius 2 is 1.62 bits per heavy atom. The lowest BCUT2D eigenvalue weighted by molar-refractivity contribution is 1.29. The maximum Gasteiger partial charge on any atom is 0.0465 e. The van der Waals surface area contributed by atoms with Crippen LogP contribution in [0.4, 0.5) is 0 Å². The Labute approximate surface area is 99.6 Å². The molecule has 1 nitrogen and oxygen atoms in total. The Morgan fingerprint density at radius 1 is 1.00 bits per heavy atom. The summed E-state index contributed by atoms with van der Waals surface area (Å²) in [4.78, 5) is 5.00. The minimum atomic E-state index is -0.603. The lowest BCUT2D eigenvalue weighted by Crippen LogP contribution is -2.08. The van der Waals surface area contributed by atoms with Gasteiger partial charge in [0.2, 0.25) is 0 Å². The van der Waals surface area contributed by atoms with Gasteiger partial charge >= 0.3 is 0 Å². The zero-order valence-corrected chi connectivity index (χ0v) is 11.2. The Bertz CT molecular complexity index is 460. The summed E-state index contributed by atoms with van der Waals surface area (Å²) < 4.78 is 0. The molecule has 0 bridgehead atoms. The van der Waals surface area contributed by atoms with Crippen molar-refractivity contribution in [3.8, 4) is 0 Å². The lowest BCUT2D eigenvalue weighted by Gasteiger charge is -2.37. The molecular weight excluding hydrogens is 214 g/mol. The van der Waals surface area contributed by atoms with Gasteiger partial charge in [-0.25, -0.2) is 10.0 Å². The van der Waals surface area contributed by atoms with E-state index in [1.807, 2.05) is 0 Å². The minimum Gasteiger partial charge on any atom is -0.360 e. The molecule has 0 fully saturated rings. The van der Waals surface area contributed by atoms with Gasteiger partial charge in [-0.05, 0) is 23.3 Å². The van der Waals surface area contributed by atoms with E-state index in [0.29, 0.717) is 0 Å². The molecule has 1 aromatic heterocycles. The van der Waals surface area contributed by atoms with Crippen molar-refractivity contribution in [2.75, 3.05) is 17.3 Å². The third-order valence-corrected chi connectivity index (χ3v) is 8.26. The third kappa shape index (κ3) is 1.65. The van der Waals surface area contributed by atoms with Gasteiger partial charge in [-0.3, -0.25) is 0 Å². The predicted molar refractivity (Wildman–Crippen MR) is 75.8 cm³/mol. The van der Waals surface area contributed by atoms with Crippen molar-refractivity contribution in [1.29, 1.82) is 0 Å². The topological polar surface area (TPSA) is 15.8 Å². The van der Waals surface area contributed by atoms with Gasteiger partial charge in [-0.1, -0.05) is 39.0 Å². The van der Waals surface area contributed by atoms with E-state index < -0.39 is 10.0 Å². The number of rotatable bonds is 4. The van der Waals surface area contributed by atoms with Gasteiger partial charge in [0.25, 0.3) is 0 Å².